The smallest absolute Gasteiger partial charge is 0.275 e. The maximum atomic E-state index is 12.6. The molecule has 3 aromatic carbocycles. The van der Waals surface area contributed by atoms with Gasteiger partial charge in [0.25, 0.3) is 5.91 Å². The van der Waals surface area contributed by atoms with Crippen molar-refractivity contribution in [1.29, 1.82) is 0 Å². The summed E-state index contributed by atoms with van der Waals surface area (Å²) in [5.41, 5.74) is 4.72. The number of hydrazone groups is 1. The Bertz CT molecular complexity index is 1050. The van der Waals surface area contributed by atoms with E-state index in [9.17, 15) is 4.79 Å². The van der Waals surface area contributed by atoms with Crippen LogP contribution < -0.4 is 19.6 Å². The number of hydrogen-bond donors (Lipinski definition) is 1. The molecule has 0 aromatic heterocycles. The highest BCUT2D eigenvalue weighted by molar-refractivity contribution is 9.10. The number of ether oxygens (including phenoxy) is 3. The van der Waals surface area contributed by atoms with Crippen LogP contribution in [0.5, 0.6) is 17.2 Å². The molecule has 0 spiro atoms. The number of carbonyl (C=O) groups is 1. The monoisotopic (exact) mass is 452 g/mol. The van der Waals surface area contributed by atoms with Gasteiger partial charge in [0.05, 0.1) is 11.8 Å². The number of nitrogens with one attached hydrogen (secondary N) is 1. The quantitative estimate of drug-likeness (QED) is 0.440. The zero-order valence-corrected chi connectivity index (χ0v) is 16.9. The molecule has 0 bridgehead atoms. The van der Waals surface area contributed by atoms with Crippen LogP contribution in [0.4, 0.5) is 0 Å². The lowest BCUT2D eigenvalue weighted by molar-refractivity contribution is 0.0950. The van der Waals surface area contributed by atoms with Gasteiger partial charge in [0.15, 0.2) is 11.5 Å². The summed E-state index contributed by atoms with van der Waals surface area (Å²) in [5, 5.41) is 4.04. The van der Waals surface area contributed by atoms with Crippen LogP contribution in [0.2, 0.25) is 0 Å². The van der Waals surface area contributed by atoms with Gasteiger partial charge in [0.1, 0.15) is 12.4 Å². The van der Waals surface area contributed by atoms with Crippen molar-refractivity contribution in [3.63, 3.8) is 0 Å². The van der Waals surface area contributed by atoms with E-state index in [4.69, 9.17) is 14.2 Å². The molecular formula is C22H17BrN2O4. The maximum Gasteiger partial charge on any atom is 0.275 e. The van der Waals surface area contributed by atoms with Gasteiger partial charge in [-0.05, 0) is 47.5 Å². The Morgan fingerprint density at radius 3 is 2.76 bits per heavy atom. The third-order valence-electron chi connectivity index (χ3n) is 4.20. The Hall–Kier alpha value is -3.32. The molecular weight excluding hydrogens is 436 g/mol. The topological polar surface area (TPSA) is 69.2 Å². The first-order valence-corrected chi connectivity index (χ1v) is 9.68. The predicted octanol–water partition coefficient (Wildman–Crippen LogP) is 4.52. The molecule has 0 atom stereocenters. The first kappa shape index (κ1) is 19.0. The lowest BCUT2D eigenvalue weighted by Gasteiger charge is -2.11. The van der Waals surface area contributed by atoms with Gasteiger partial charge in [-0.1, -0.05) is 46.3 Å². The van der Waals surface area contributed by atoms with Gasteiger partial charge in [-0.15, -0.1) is 0 Å². The van der Waals surface area contributed by atoms with Crippen molar-refractivity contribution >= 4 is 28.1 Å². The van der Waals surface area contributed by atoms with Crippen molar-refractivity contribution < 1.29 is 19.0 Å². The number of hydrogen-bond acceptors (Lipinski definition) is 5. The number of benzene rings is 3. The molecule has 6 nitrogen and oxygen atoms in total. The van der Waals surface area contributed by atoms with Crippen molar-refractivity contribution in [3.8, 4) is 17.2 Å². The lowest BCUT2D eigenvalue weighted by atomic mass is 10.2. The van der Waals surface area contributed by atoms with E-state index in [-0.39, 0.29) is 12.7 Å². The molecule has 0 aliphatic carbocycles. The van der Waals surface area contributed by atoms with Crippen molar-refractivity contribution in [1.82, 2.24) is 5.43 Å². The van der Waals surface area contributed by atoms with Crippen molar-refractivity contribution in [2.45, 2.75) is 6.61 Å². The highest BCUT2D eigenvalue weighted by atomic mass is 79.9. The summed E-state index contributed by atoms with van der Waals surface area (Å²) in [6.45, 7) is 0.574. The molecule has 4 rings (SSSR count). The van der Waals surface area contributed by atoms with Crippen LogP contribution in [0, 0.1) is 0 Å². The fraction of sp³-hybridized carbons (Fsp3) is 0.0909. The SMILES string of the molecule is O=C(N/N=C\c1ccc2c(c1)OCO2)c1cc(Br)ccc1OCc1ccccc1. The first-order chi connectivity index (χ1) is 14.2. The van der Waals surface area contributed by atoms with E-state index in [1.165, 1.54) is 0 Å². The Morgan fingerprint density at radius 1 is 1.07 bits per heavy atom. The van der Waals surface area contributed by atoms with Gasteiger partial charge in [-0.25, -0.2) is 5.43 Å². The number of halogens is 1. The number of nitrogens with zero attached hydrogens (tertiary/aromatic N) is 1. The van der Waals surface area contributed by atoms with Crippen LogP contribution in [0.3, 0.4) is 0 Å². The van der Waals surface area contributed by atoms with Crippen LogP contribution >= 0.6 is 15.9 Å². The van der Waals surface area contributed by atoms with Gasteiger partial charge in [0.2, 0.25) is 6.79 Å². The van der Waals surface area contributed by atoms with E-state index in [0.717, 1.165) is 15.6 Å². The van der Waals surface area contributed by atoms with Crippen molar-refractivity contribution in [2.24, 2.45) is 5.10 Å². The maximum absolute atomic E-state index is 12.6. The summed E-state index contributed by atoms with van der Waals surface area (Å²) >= 11 is 3.39. The van der Waals surface area contributed by atoms with E-state index >= 15 is 0 Å². The highest BCUT2D eigenvalue weighted by Gasteiger charge is 2.14. The molecule has 0 saturated carbocycles. The van der Waals surface area contributed by atoms with E-state index in [1.807, 2.05) is 42.5 Å². The summed E-state index contributed by atoms with van der Waals surface area (Å²) in [6.07, 6.45) is 1.54. The summed E-state index contributed by atoms with van der Waals surface area (Å²) < 4.78 is 17.2. The minimum atomic E-state index is -0.369. The lowest BCUT2D eigenvalue weighted by Crippen LogP contribution is -2.18. The van der Waals surface area contributed by atoms with Crippen LogP contribution in [-0.4, -0.2) is 18.9 Å². The highest BCUT2D eigenvalue weighted by Crippen LogP contribution is 2.32. The average Bonchev–Trinajstić information content (AvgIpc) is 3.21. The second kappa shape index (κ2) is 8.79. The molecule has 1 aliphatic rings. The van der Waals surface area contributed by atoms with E-state index in [1.54, 1.807) is 30.5 Å². The van der Waals surface area contributed by atoms with Crippen LogP contribution in [0.25, 0.3) is 0 Å². The fourth-order valence-electron chi connectivity index (χ4n) is 2.76. The third-order valence-corrected chi connectivity index (χ3v) is 4.69. The summed E-state index contributed by atoms with van der Waals surface area (Å²) in [5.74, 6) is 1.46. The van der Waals surface area contributed by atoms with Gasteiger partial charge in [-0.2, -0.15) is 5.10 Å². The van der Waals surface area contributed by atoms with Crippen molar-refractivity contribution in [3.05, 3.63) is 87.9 Å². The molecule has 7 heteroatoms. The van der Waals surface area contributed by atoms with Gasteiger partial charge >= 0.3 is 0 Å². The summed E-state index contributed by atoms with van der Waals surface area (Å²) in [7, 11) is 0. The zero-order valence-electron chi connectivity index (χ0n) is 15.3. The Balaban J connectivity index is 1.44. The van der Waals surface area contributed by atoms with E-state index < -0.39 is 0 Å². The van der Waals surface area contributed by atoms with E-state index in [0.29, 0.717) is 29.4 Å². The third kappa shape index (κ3) is 4.75. The summed E-state index contributed by atoms with van der Waals surface area (Å²) in [4.78, 5) is 12.6. The molecule has 146 valence electrons. The minimum Gasteiger partial charge on any atom is -0.488 e. The average molecular weight is 453 g/mol. The Labute approximate surface area is 176 Å². The Morgan fingerprint density at radius 2 is 1.90 bits per heavy atom. The molecule has 1 aliphatic heterocycles. The van der Waals surface area contributed by atoms with Crippen LogP contribution in [0.1, 0.15) is 21.5 Å². The first-order valence-electron chi connectivity index (χ1n) is 8.88. The largest absolute Gasteiger partial charge is 0.488 e. The molecule has 0 fully saturated rings. The molecule has 1 amide bonds. The molecule has 1 heterocycles. The Kier molecular flexibility index (Phi) is 5.76. The standard InChI is InChI=1S/C22H17BrN2O4/c23-17-7-9-19(27-13-15-4-2-1-3-5-15)18(11-17)22(26)25-24-12-16-6-8-20-21(10-16)29-14-28-20/h1-12H,13-14H2,(H,25,26)/b24-12-. The van der Waals surface area contributed by atoms with E-state index in [2.05, 4.69) is 26.5 Å². The second-order valence-corrected chi connectivity index (χ2v) is 7.14. The molecule has 1 N–H and O–H groups in total. The van der Waals surface area contributed by atoms with Crippen LogP contribution in [-0.2, 0) is 6.61 Å². The normalized spacial score (nSPS) is 12.2. The minimum absolute atomic E-state index is 0.210. The number of rotatable bonds is 6. The molecule has 3 aromatic rings. The van der Waals surface area contributed by atoms with Gasteiger partial charge in [0, 0.05) is 4.47 Å². The molecule has 0 unspecified atom stereocenters. The zero-order chi connectivity index (χ0) is 20.1. The number of fused-ring (bicyclic) bond motifs is 1. The predicted molar refractivity (Wildman–Crippen MR) is 113 cm³/mol. The van der Waals surface area contributed by atoms with Crippen LogP contribution in [0.15, 0.2) is 76.3 Å². The number of amides is 1. The molecule has 0 saturated heterocycles. The van der Waals surface area contributed by atoms with Crippen molar-refractivity contribution in [2.75, 3.05) is 6.79 Å². The molecule has 0 radical (unpaired) electrons. The summed E-state index contributed by atoms with van der Waals surface area (Å²) in [6, 6.07) is 20.5. The fourth-order valence-corrected chi connectivity index (χ4v) is 3.12. The molecule has 29 heavy (non-hydrogen) atoms. The van der Waals surface area contributed by atoms with Gasteiger partial charge in [-0.3, -0.25) is 4.79 Å². The second-order valence-electron chi connectivity index (χ2n) is 6.23. The number of carbonyl (C=O) groups excluding carboxylic acids is 1. The van der Waals surface area contributed by atoms with Gasteiger partial charge < -0.3 is 14.2 Å².